The van der Waals surface area contributed by atoms with Crippen LogP contribution < -0.4 is 10.3 Å². The molecular formula is C28H22Br2ClN3O3. The molecule has 0 N–H and O–H groups in total. The first kappa shape index (κ1) is 25.7. The summed E-state index contributed by atoms with van der Waals surface area (Å²) < 4.78 is 15.1. The number of para-hydroxylation sites is 1. The van der Waals surface area contributed by atoms with Crippen molar-refractivity contribution in [2.45, 2.75) is 20.8 Å². The maximum atomic E-state index is 13.6. The summed E-state index contributed by atoms with van der Waals surface area (Å²) in [7, 11) is 0. The zero-order chi connectivity index (χ0) is 26.3. The Morgan fingerprint density at radius 3 is 2.68 bits per heavy atom. The molecule has 5 aromatic rings. The van der Waals surface area contributed by atoms with Crippen LogP contribution in [0.4, 0.5) is 0 Å². The minimum Gasteiger partial charge on any atom is -0.491 e. The van der Waals surface area contributed by atoms with Crippen LogP contribution >= 0.6 is 43.5 Å². The summed E-state index contributed by atoms with van der Waals surface area (Å²) in [4.78, 5) is 18.3. The van der Waals surface area contributed by atoms with Crippen molar-refractivity contribution in [3.05, 3.63) is 90.5 Å². The van der Waals surface area contributed by atoms with Crippen LogP contribution in [0.25, 0.3) is 33.5 Å². The van der Waals surface area contributed by atoms with Gasteiger partial charge in [-0.05, 0) is 69.9 Å². The standard InChI is InChI=1S/C28H22Br2ClN3O3/c1-28(2,3)15-36-25-17(11-19(31)13-21(25)30)14-32-34-26(33-22-7-5-4-6-20(22)27(34)35)24-12-16-10-18(29)8-9-23(16)37-24/h4-14H,15H2,1-3H3. The second-order valence-electron chi connectivity index (χ2n) is 9.76. The Hall–Kier alpha value is -2.94. The lowest BCUT2D eigenvalue weighted by atomic mass is 9.98. The monoisotopic (exact) mass is 641 g/mol. The van der Waals surface area contributed by atoms with Crippen LogP contribution in [0.3, 0.4) is 0 Å². The molecule has 0 aliphatic rings. The molecule has 0 spiro atoms. The van der Waals surface area contributed by atoms with Gasteiger partial charge in [0.05, 0.1) is 28.2 Å². The van der Waals surface area contributed by atoms with Crippen molar-refractivity contribution in [2.75, 3.05) is 6.61 Å². The number of aromatic nitrogens is 2. The summed E-state index contributed by atoms with van der Waals surface area (Å²) in [6.07, 6.45) is 1.55. The van der Waals surface area contributed by atoms with E-state index in [0.717, 1.165) is 9.86 Å². The van der Waals surface area contributed by atoms with Gasteiger partial charge in [-0.15, -0.1) is 0 Å². The van der Waals surface area contributed by atoms with Gasteiger partial charge in [0.2, 0.25) is 5.82 Å². The summed E-state index contributed by atoms with van der Waals surface area (Å²) in [5.74, 6) is 1.29. The molecule has 0 amide bonds. The third-order valence-corrected chi connectivity index (χ3v) is 6.75. The predicted molar refractivity (Wildman–Crippen MR) is 156 cm³/mol. The SMILES string of the molecule is CC(C)(C)COc1c(Br)cc(Cl)cc1C=Nn1c(-c2cc3cc(Br)ccc3o2)nc2ccccc2c1=O. The smallest absolute Gasteiger partial charge is 0.282 e. The number of nitrogens with zero attached hydrogens (tertiary/aromatic N) is 3. The first-order chi connectivity index (χ1) is 17.6. The van der Waals surface area contributed by atoms with Crippen molar-refractivity contribution in [1.29, 1.82) is 0 Å². The maximum Gasteiger partial charge on any atom is 0.282 e. The van der Waals surface area contributed by atoms with Gasteiger partial charge in [-0.2, -0.15) is 9.78 Å². The van der Waals surface area contributed by atoms with E-state index < -0.39 is 0 Å². The quantitative estimate of drug-likeness (QED) is 0.181. The Balaban J connectivity index is 1.68. The van der Waals surface area contributed by atoms with Crippen LogP contribution in [0, 0.1) is 5.41 Å². The second-order valence-corrected chi connectivity index (χ2v) is 12.0. The predicted octanol–water partition coefficient (Wildman–Crippen LogP) is 8.30. The summed E-state index contributed by atoms with van der Waals surface area (Å²) in [5.41, 5.74) is 1.46. The lowest BCUT2D eigenvalue weighted by molar-refractivity contribution is 0.196. The normalized spacial score (nSPS) is 12.2. The summed E-state index contributed by atoms with van der Waals surface area (Å²) in [6.45, 7) is 6.74. The Kier molecular flexibility index (Phi) is 7.00. The van der Waals surface area contributed by atoms with Gasteiger partial charge in [0.25, 0.3) is 5.56 Å². The van der Waals surface area contributed by atoms with Crippen LogP contribution in [0.5, 0.6) is 5.75 Å². The van der Waals surface area contributed by atoms with Crippen LogP contribution in [0.15, 0.2) is 83.9 Å². The van der Waals surface area contributed by atoms with Gasteiger partial charge in [-0.25, -0.2) is 4.98 Å². The molecule has 6 nitrogen and oxygen atoms in total. The molecular weight excluding hydrogens is 622 g/mol. The van der Waals surface area contributed by atoms with Gasteiger partial charge in [0.15, 0.2) is 5.76 Å². The van der Waals surface area contributed by atoms with E-state index in [1.807, 2.05) is 30.3 Å². The van der Waals surface area contributed by atoms with Gasteiger partial charge in [-0.3, -0.25) is 4.79 Å². The van der Waals surface area contributed by atoms with Crippen LogP contribution in [-0.2, 0) is 0 Å². The summed E-state index contributed by atoms with van der Waals surface area (Å²) >= 11 is 13.4. The van der Waals surface area contributed by atoms with Gasteiger partial charge in [0, 0.05) is 20.4 Å². The molecule has 37 heavy (non-hydrogen) atoms. The average Bonchev–Trinajstić information content (AvgIpc) is 3.25. The van der Waals surface area contributed by atoms with Gasteiger partial charge in [-0.1, -0.05) is 60.4 Å². The van der Waals surface area contributed by atoms with Gasteiger partial charge >= 0.3 is 0 Å². The molecule has 0 fully saturated rings. The highest BCUT2D eigenvalue weighted by Crippen LogP contribution is 2.34. The van der Waals surface area contributed by atoms with Crippen molar-refractivity contribution < 1.29 is 9.15 Å². The topological polar surface area (TPSA) is 69.6 Å². The number of hydrogen-bond donors (Lipinski definition) is 0. The second kappa shape index (κ2) is 10.1. The van der Waals surface area contributed by atoms with E-state index in [-0.39, 0.29) is 16.8 Å². The van der Waals surface area contributed by atoms with E-state index in [4.69, 9.17) is 25.7 Å². The van der Waals surface area contributed by atoms with E-state index in [9.17, 15) is 4.79 Å². The summed E-state index contributed by atoms with van der Waals surface area (Å²) in [6, 6.07) is 18.2. The van der Waals surface area contributed by atoms with Crippen LogP contribution in [0.1, 0.15) is 26.3 Å². The average molecular weight is 644 g/mol. The molecule has 0 saturated heterocycles. The number of rotatable bonds is 5. The van der Waals surface area contributed by atoms with Crippen molar-refractivity contribution in [3.8, 4) is 17.3 Å². The highest BCUT2D eigenvalue weighted by molar-refractivity contribution is 9.10. The number of benzene rings is 3. The molecule has 0 saturated carbocycles. The number of fused-ring (bicyclic) bond motifs is 2. The molecule has 0 aliphatic carbocycles. The summed E-state index contributed by atoms with van der Waals surface area (Å²) in [5, 5.41) is 6.39. The highest BCUT2D eigenvalue weighted by atomic mass is 79.9. The molecule has 2 aromatic heterocycles. The van der Waals surface area contributed by atoms with E-state index in [2.05, 4.69) is 57.7 Å². The van der Waals surface area contributed by atoms with Crippen molar-refractivity contribution in [2.24, 2.45) is 10.5 Å². The number of furan rings is 1. The first-order valence-corrected chi connectivity index (χ1v) is 13.4. The van der Waals surface area contributed by atoms with E-state index >= 15 is 0 Å². The fraction of sp³-hybridized carbons (Fsp3) is 0.179. The third kappa shape index (κ3) is 5.51. The molecule has 0 unspecified atom stereocenters. The molecule has 2 heterocycles. The zero-order valence-electron chi connectivity index (χ0n) is 20.3. The lowest BCUT2D eigenvalue weighted by Crippen LogP contribution is -2.20. The minimum atomic E-state index is -0.322. The number of ether oxygens (including phenoxy) is 1. The Labute approximate surface area is 235 Å². The molecule has 0 aliphatic heterocycles. The molecule has 0 bridgehead atoms. The fourth-order valence-corrected chi connectivity index (χ4v) is 5.08. The first-order valence-electron chi connectivity index (χ1n) is 11.5. The molecule has 5 rings (SSSR count). The maximum absolute atomic E-state index is 13.6. The molecule has 0 radical (unpaired) electrons. The van der Waals surface area contributed by atoms with Crippen LogP contribution in [-0.4, -0.2) is 22.5 Å². The van der Waals surface area contributed by atoms with Gasteiger partial charge in [0.1, 0.15) is 11.3 Å². The lowest BCUT2D eigenvalue weighted by Gasteiger charge is -2.20. The molecule has 188 valence electrons. The third-order valence-electron chi connectivity index (χ3n) is 5.45. The largest absolute Gasteiger partial charge is 0.491 e. The van der Waals surface area contributed by atoms with Crippen molar-refractivity contribution >= 4 is 71.5 Å². The molecule has 0 atom stereocenters. The zero-order valence-corrected chi connectivity index (χ0v) is 24.2. The Bertz CT molecular complexity index is 1740. The fourth-order valence-electron chi connectivity index (χ4n) is 3.75. The molecule has 3 aromatic carbocycles. The number of halogens is 3. The minimum absolute atomic E-state index is 0.0594. The Morgan fingerprint density at radius 2 is 1.89 bits per heavy atom. The van der Waals surface area contributed by atoms with Crippen LogP contribution in [0.2, 0.25) is 5.02 Å². The Morgan fingerprint density at radius 1 is 1.11 bits per heavy atom. The highest BCUT2D eigenvalue weighted by Gasteiger charge is 2.18. The van der Waals surface area contributed by atoms with Crippen molar-refractivity contribution in [3.63, 3.8) is 0 Å². The number of hydrogen-bond acceptors (Lipinski definition) is 5. The molecule has 9 heteroatoms. The van der Waals surface area contributed by atoms with Crippen molar-refractivity contribution in [1.82, 2.24) is 9.66 Å². The van der Waals surface area contributed by atoms with Gasteiger partial charge < -0.3 is 9.15 Å². The van der Waals surface area contributed by atoms with E-state index in [1.165, 1.54) is 4.68 Å². The van der Waals surface area contributed by atoms with E-state index in [1.54, 1.807) is 36.5 Å². The van der Waals surface area contributed by atoms with E-state index in [0.29, 0.717) is 49.7 Å².